The Kier molecular flexibility index (Phi) is 6.57. The van der Waals surface area contributed by atoms with Crippen LogP contribution in [0.1, 0.15) is 40.4 Å². The van der Waals surface area contributed by atoms with Crippen LogP contribution in [0.25, 0.3) is 33.4 Å². The maximum atomic E-state index is 2.59. The molecule has 2 heteroatoms. The first-order valence-corrected chi connectivity index (χ1v) is 22.1. The molecule has 1 heterocycles. The molecule has 0 aromatic heterocycles. The van der Waals surface area contributed by atoms with Crippen LogP contribution in [0.5, 0.6) is 0 Å². The summed E-state index contributed by atoms with van der Waals surface area (Å²) in [6.07, 6.45) is 13.0. The summed E-state index contributed by atoms with van der Waals surface area (Å²) in [5, 5.41) is 0. The molecule has 37 heavy (non-hydrogen) atoms. The number of allylic oxidation sites excluding steroid dienone is 4. The zero-order chi connectivity index (χ0) is 24.6. The van der Waals surface area contributed by atoms with E-state index in [0.29, 0.717) is 3.63 Å². The first-order valence-electron chi connectivity index (χ1n) is 13.8. The second-order valence-corrected chi connectivity index (χ2v) is 26.3. The molecule has 0 nitrogen and oxygen atoms in total. The monoisotopic (exact) mass is 570 g/mol. The predicted molar refractivity (Wildman–Crippen MR) is 156 cm³/mol. The van der Waals surface area contributed by atoms with Gasteiger partial charge in [0.15, 0.2) is 0 Å². The third kappa shape index (κ3) is 4.43. The quantitative estimate of drug-likeness (QED) is 0.214. The fourth-order valence-corrected chi connectivity index (χ4v) is 30.7. The van der Waals surface area contributed by atoms with Gasteiger partial charge in [0.2, 0.25) is 0 Å². The Morgan fingerprint density at radius 3 is 1.68 bits per heavy atom. The van der Waals surface area contributed by atoms with E-state index in [2.05, 4.69) is 115 Å². The van der Waals surface area contributed by atoms with Crippen LogP contribution in [0.15, 0.2) is 119 Å². The van der Waals surface area contributed by atoms with Gasteiger partial charge in [0, 0.05) is 0 Å². The summed E-state index contributed by atoms with van der Waals surface area (Å²) < 4.78 is 2.54. The molecule has 1 aliphatic heterocycles. The summed E-state index contributed by atoms with van der Waals surface area (Å²) in [6.45, 7) is 0. The molecule has 0 atom stereocenters. The van der Waals surface area contributed by atoms with E-state index in [0.717, 1.165) is 0 Å². The zero-order valence-electron chi connectivity index (χ0n) is 21.3. The predicted octanol–water partition coefficient (Wildman–Crippen LogP) is 9.73. The summed E-state index contributed by atoms with van der Waals surface area (Å²) in [7, 11) is 0. The number of benzene rings is 4. The molecule has 0 N–H and O–H groups in total. The van der Waals surface area contributed by atoms with Gasteiger partial charge in [-0.05, 0) is 0 Å². The molecule has 7 rings (SSSR count). The van der Waals surface area contributed by atoms with Gasteiger partial charge >= 0.3 is 230 Å². The normalized spacial score (nSPS) is 16.4. The molecule has 1 saturated heterocycles. The van der Waals surface area contributed by atoms with Crippen molar-refractivity contribution in [3.05, 3.63) is 130 Å². The van der Waals surface area contributed by atoms with Crippen molar-refractivity contribution in [2.24, 2.45) is 0 Å². The molecule has 0 unspecified atom stereocenters. The Hall–Kier alpha value is -2.54. The summed E-state index contributed by atoms with van der Waals surface area (Å²) in [5.74, 6) is 0. The minimum atomic E-state index is -2.01. The van der Waals surface area contributed by atoms with E-state index >= 15 is 0 Å². The average molecular weight is 572 g/mol. The SMILES string of the molecule is C1=CC[C]([Zr]([CH]2c3cc(-c4ccccc4)ccc3-c3ccc(-c4ccccc4)cc32)=[Si]2CCCCC2)=C1. The van der Waals surface area contributed by atoms with Crippen LogP contribution in [-0.2, 0) is 20.4 Å². The van der Waals surface area contributed by atoms with Crippen LogP contribution >= 0.6 is 0 Å². The van der Waals surface area contributed by atoms with E-state index in [1.807, 2.05) is 3.28 Å². The van der Waals surface area contributed by atoms with Gasteiger partial charge in [-0.2, -0.15) is 0 Å². The van der Waals surface area contributed by atoms with Crippen molar-refractivity contribution in [1.29, 1.82) is 0 Å². The Bertz CT molecular complexity index is 1460. The molecule has 3 aliphatic rings. The standard InChI is InChI=1S/C25H17.C5H10Si.C5H5.Zr/c1-3-7-18(8-4-1)20-11-13-24-22(15-20)17-23-16-21(12-14-25(23)24)19-9-5-2-6-10-19;1-2-4-6-5-3-1;1-2-4-5-3-1;/h1-17H;1-5H2;1-3H,4H2;. The Morgan fingerprint density at radius 1 is 0.595 bits per heavy atom. The fraction of sp³-hybridized carbons (Fsp3) is 0.200. The van der Waals surface area contributed by atoms with Crippen molar-refractivity contribution in [3.8, 4) is 33.4 Å². The van der Waals surface area contributed by atoms with Crippen molar-refractivity contribution in [2.75, 3.05) is 0 Å². The molecule has 2 aliphatic carbocycles. The Labute approximate surface area is 229 Å². The first-order chi connectivity index (χ1) is 18.4. The second kappa shape index (κ2) is 10.3. The number of hydrogen-bond donors (Lipinski definition) is 0. The summed E-state index contributed by atoms with van der Waals surface area (Å²) in [4.78, 5) is 0. The molecule has 1 fully saturated rings. The van der Waals surface area contributed by atoms with Gasteiger partial charge in [0.1, 0.15) is 0 Å². The van der Waals surface area contributed by atoms with Gasteiger partial charge < -0.3 is 0 Å². The van der Waals surface area contributed by atoms with Crippen molar-refractivity contribution in [3.63, 3.8) is 0 Å². The van der Waals surface area contributed by atoms with Crippen molar-refractivity contribution >= 4 is 5.43 Å². The van der Waals surface area contributed by atoms with E-state index in [-0.39, 0.29) is 5.43 Å². The molecular formula is C35H32SiZr. The Morgan fingerprint density at radius 2 is 1.16 bits per heavy atom. The Balaban J connectivity index is 1.46. The molecular weight excluding hydrogens is 540 g/mol. The van der Waals surface area contributed by atoms with Gasteiger partial charge in [-0.1, -0.05) is 0 Å². The van der Waals surface area contributed by atoms with E-state index in [1.54, 1.807) is 23.2 Å². The van der Waals surface area contributed by atoms with Crippen LogP contribution in [0.4, 0.5) is 0 Å². The molecule has 0 saturated carbocycles. The van der Waals surface area contributed by atoms with Crippen LogP contribution in [0.2, 0.25) is 12.1 Å². The molecule has 180 valence electrons. The van der Waals surface area contributed by atoms with E-state index in [9.17, 15) is 0 Å². The number of hydrogen-bond acceptors (Lipinski definition) is 0. The molecule has 4 aromatic rings. The molecule has 0 bridgehead atoms. The van der Waals surface area contributed by atoms with Gasteiger partial charge in [-0.15, -0.1) is 0 Å². The van der Waals surface area contributed by atoms with Crippen molar-refractivity contribution in [2.45, 2.75) is 41.4 Å². The van der Waals surface area contributed by atoms with Gasteiger partial charge in [-0.25, -0.2) is 0 Å². The van der Waals surface area contributed by atoms with Crippen molar-refractivity contribution in [1.82, 2.24) is 0 Å². The molecule has 0 radical (unpaired) electrons. The topological polar surface area (TPSA) is 0 Å². The van der Waals surface area contributed by atoms with Crippen molar-refractivity contribution < 1.29 is 20.4 Å². The van der Waals surface area contributed by atoms with Gasteiger partial charge in [0.25, 0.3) is 0 Å². The first kappa shape index (κ1) is 23.6. The zero-order valence-corrected chi connectivity index (χ0v) is 24.7. The van der Waals surface area contributed by atoms with Crippen LogP contribution < -0.4 is 0 Å². The minimum absolute atomic E-state index is 0.301. The van der Waals surface area contributed by atoms with Crippen LogP contribution in [0, 0.1) is 0 Å². The third-order valence-corrected chi connectivity index (χ3v) is 29.6. The van der Waals surface area contributed by atoms with Crippen LogP contribution in [0.3, 0.4) is 0 Å². The summed E-state index contributed by atoms with van der Waals surface area (Å²) in [6, 6.07) is 39.9. The second-order valence-electron chi connectivity index (χ2n) is 10.7. The third-order valence-electron chi connectivity index (χ3n) is 8.47. The van der Waals surface area contributed by atoms with E-state index in [1.165, 1.54) is 59.1 Å². The van der Waals surface area contributed by atoms with Crippen LogP contribution in [-0.4, -0.2) is 5.43 Å². The van der Waals surface area contributed by atoms with Gasteiger partial charge in [0.05, 0.1) is 0 Å². The number of rotatable bonds is 4. The van der Waals surface area contributed by atoms with Gasteiger partial charge in [-0.3, -0.25) is 0 Å². The molecule has 0 spiro atoms. The molecule has 0 amide bonds. The van der Waals surface area contributed by atoms with E-state index < -0.39 is 20.4 Å². The number of fused-ring (bicyclic) bond motifs is 3. The summed E-state index contributed by atoms with van der Waals surface area (Å²) >= 11 is -2.01. The fourth-order valence-electron chi connectivity index (χ4n) is 6.70. The maximum absolute atomic E-state index is 2.59. The average Bonchev–Trinajstić information content (AvgIpc) is 3.62. The summed E-state index contributed by atoms with van der Waals surface area (Å²) in [5.41, 5.74) is 11.4. The molecule has 4 aromatic carbocycles. The van der Waals surface area contributed by atoms with E-state index in [4.69, 9.17) is 0 Å².